The van der Waals surface area contributed by atoms with E-state index in [0.29, 0.717) is 11.8 Å². The van der Waals surface area contributed by atoms with Crippen LogP contribution in [-0.2, 0) is 0 Å². The number of benzene rings is 2. The lowest BCUT2D eigenvalue weighted by molar-refractivity contribution is 0.397. The molecule has 0 bridgehead atoms. The molecule has 1 aliphatic carbocycles. The molecule has 31 heavy (non-hydrogen) atoms. The van der Waals surface area contributed by atoms with Gasteiger partial charge < -0.3 is 14.5 Å². The molecule has 0 spiro atoms. The van der Waals surface area contributed by atoms with Gasteiger partial charge in [-0.1, -0.05) is 24.3 Å². The summed E-state index contributed by atoms with van der Waals surface area (Å²) in [5, 5.41) is 1.20. The lowest BCUT2D eigenvalue weighted by Crippen LogP contribution is -2.34. The fourth-order valence-corrected chi connectivity index (χ4v) is 4.81. The second-order valence-electron chi connectivity index (χ2n) is 8.87. The van der Waals surface area contributed by atoms with Gasteiger partial charge in [-0.25, -0.2) is 9.97 Å². The highest BCUT2D eigenvalue weighted by atomic mass is 16.5. The number of hydrogen-bond acceptors (Lipinski definition) is 5. The van der Waals surface area contributed by atoms with Crippen molar-refractivity contribution in [3.8, 4) is 5.75 Å². The van der Waals surface area contributed by atoms with Crippen molar-refractivity contribution in [2.75, 3.05) is 43.6 Å². The summed E-state index contributed by atoms with van der Waals surface area (Å²) >= 11 is 0. The molecule has 0 atom stereocenters. The SMILES string of the molecule is CCN(C)c1cccc2nc(C3CC3)nc(N3CCC(c4ccccc4OC)CC3)c12. The van der Waals surface area contributed by atoms with Crippen molar-refractivity contribution in [2.45, 2.75) is 44.4 Å². The summed E-state index contributed by atoms with van der Waals surface area (Å²) in [6.45, 7) is 5.15. The lowest BCUT2D eigenvalue weighted by atomic mass is 9.88. The molecule has 5 heteroatoms. The molecule has 3 aromatic rings. The van der Waals surface area contributed by atoms with Crippen molar-refractivity contribution in [2.24, 2.45) is 0 Å². The van der Waals surface area contributed by atoms with E-state index in [-0.39, 0.29) is 0 Å². The Labute approximate surface area is 185 Å². The van der Waals surface area contributed by atoms with Crippen molar-refractivity contribution in [3.05, 3.63) is 53.9 Å². The van der Waals surface area contributed by atoms with E-state index in [1.54, 1.807) is 7.11 Å². The fourth-order valence-electron chi connectivity index (χ4n) is 4.81. The van der Waals surface area contributed by atoms with Gasteiger partial charge in [-0.2, -0.15) is 0 Å². The minimum absolute atomic E-state index is 0.529. The Morgan fingerprint density at radius 3 is 2.45 bits per heavy atom. The monoisotopic (exact) mass is 416 g/mol. The van der Waals surface area contributed by atoms with Crippen LogP contribution in [0.25, 0.3) is 10.9 Å². The number of methoxy groups -OCH3 is 1. The summed E-state index contributed by atoms with van der Waals surface area (Å²) < 4.78 is 5.63. The topological polar surface area (TPSA) is 41.5 Å². The van der Waals surface area contributed by atoms with Gasteiger partial charge in [0, 0.05) is 38.3 Å². The molecule has 1 aromatic heterocycles. The van der Waals surface area contributed by atoms with Gasteiger partial charge in [0.05, 0.1) is 18.0 Å². The lowest BCUT2D eigenvalue weighted by Gasteiger charge is -2.35. The van der Waals surface area contributed by atoms with Gasteiger partial charge in [0.1, 0.15) is 17.4 Å². The van der Waals surface area contributed by atoms with Crippen LogP contribution in [0.1, 0.15) is 55.8 Å². The third-order valence-corrected chi connectivity index (χ3v) is 6.90. The third kappa shape index (κ3) is 3.82. The number of rotatable bonds is 6. The van der Waals surface area contributed by atoms with Gasteiger partial charge in [-0.3, -0.25) is 0 Å². The van der Waals surface area contributed by atoms with Crippen LogP contribution in [0.3, 0.4) is 0 Å². The minimum Gasteiger partial charge on any atom is -0.496 e. The molecule has 2 fully saturated rings. The summed E-state index contributed by atoms with van der Waals surface area (Å²) in [5.41, 5.74) is 3.64. The standard InChI is InChI=1S/C26H32N4O/c1-4-29(2)22-10-7-9-21-24(22)26(28-25(27-21)19-12-13-19)30-16-14-18(15-17-30)20-8-5-6-11-23(20)31-3/h5-11,18-19H,4,12-17H2,1-3H3. The van der Waals surface area contributed by atoms with Crippen LogP contribution in [0, 0.1) is 0 Å². The summed E-state index contributed by atoms with van der Waals surface area (Å²) in [6.07, 6.45) is 4.65. The maximum atomic E-state index is 5.63. The maximum absolute atomic E-state index is 5.63. The number of piperidine rings is 1. The van der Waals surface area contributed by atoms with Crippen molar-refractivity contribution in [1.82, 2.24) is 9.97 Å². The molecule has 1 saturated heterocycles. The van der Waals surface area contributed by atoms with Gasteiger partial charge in [0.25, 0.3) is 0 Å². The Balaban J connectivity index is 1.50. The Morgan fingerprint density at radius 1 is 0.968 bits per heavy atom. The first-order valence-corrected chi connectivity index (χ1v) is 11.6. The second kappa shape index (κ2) is 8.37. The zero-order valence-electron chi connectivity index (χ0n) is 18.8. The average Bonchev–Trinajstić information content (AvgIpc) is 3.68. The van der Waals surface area contributed by atoms with Crippen LogP contribution >= 0.6 is 0 Å². The van der Waals surface area contributed by atoms with E-state index in [2.05, 4.69) is 66.2 Å². The van der Waals surface area contributed by atoms with E-state index in [1.807, 2.05) is 0 Å². The Kier molecular flexibility index (Phi) is 5.43. The molecule has 2 aliphatic rings. The number of fused-ring (bicyclic) bond motifs is 1. The molecule has 162 valence electrons. The Morgan fingerprint density at radius 2 is 1.74 bits per heavy atom. The van der Waals surface area contributed by atoms with Gasteiger partial charge in [-0.05, 0) is 62.3 Å². The smallest absolute Gasteiger partial charge is 0.142 e. The number of hydrogen-bond donors (Lipinski definition) is 0. The zero-order valence-corrected chi connectivity index (χ0v) is 18.8. The number of anilines is 2. The number of para-hydroxylation sites is 1. The van der Waals surface area contributed by atoms with E-state index in [0.717, 1.165) is 55.4 Å². The van der Waals surface area contributed by atoms with Crippen molar-refractivity contribution in [1.29, 1.82) is 0 Å². The normalized spacial score (nSPS) is 17.2. The first kappa shape index (κ1) is 20.1. The number of aromatic nitrogens is 2. The molecule has 0 radical (unpaired) electrons. The van der Waals surface area contributed by atoms with Crippen LogP contribution in [0.5, 0.6) is 5.75 Å². The van der Waals surface area contributed by atoms with Crippen LogP contribution in [0.2, 0.25) is 0 Å². The maximum Gasteiger partial charge on any atom is 0.142 e. The molecular formula is C26H32N4O. The molecule has 2 heterocycles. The fraction of sp³-hybridized carbons (Fsp3) is 0.462. The second-order valence-corrected chi connectivity index (χ2v) is 8.87. The predicted molar refractivity (Wildman–Crippen MR) is 128 cm³/mol. The molecule has 5 rings (SSSR count). The Hall–Kier alpha value is -2.82. The van der Waals surface area contributed by atoms with Gasteiger partial charge in [0.15, 0.2) is 0 Å². The van der Waals surface area contributed by atoms with Crippen molar-refractivity contribution >= 4 is 22.4 Å². The van der Waals surface area contributed by atoms with Crippen molar-refractivity contribution < 1.29 is 4.74 Å². The third-order valence-electron chi connectivity index (χ3n) is 6.90. The molecule has 1 aliphatic heterocycles. The summed E-state index contributed by atoms with van der Waals surface area (Å²) in [6, 6.07) is 15.0. The van der Waals surface area contributed by atoms with E-state index in [1.165, 1.54) is 29.5 Å². The van der Waals surface area contributed by atoms with Gasteiger partial charge in [-0.15, -0.1) is 0 Å². The zero-order chi connectivity index (χ0) is 21.4. The molecule has 2 aromatic carbocycles. The van der Waals surface area contributed by atoms with Gasteiger partial charge in [0.2, 0.25) is 0 Å². The highest BCUT2D eigenvalue weighted by Crippen LogP contribution is 2.42. The van der Waals surface area contributed by atoms with E-state index in [9.17, 15) is 0 Å². The number of nitrogens with zero attached hydrogens (tertiary/aromatic N) is 4. The Bertz CT molecular complexity index is 1070. The summed E-state index contributed by atoms with van der Waals surface area (Å²) in [7, 11) is 3.92. The average molecular weight is 417 g/mol. The minimum atomic E-state index is 0.529. The molecule has 0 N–H and O–H groups in total. The first-order valence-electron chi connectivity index (χ1n) is 11.6. The van der Waals surface area contributed by atoms with E-state index < -0.39 is 0 Å². The quantitative estimate of drug-likeness (QED) is 0.541. The highest BCUT2D eigenvalue weighted by molar-refractivity contribution is 6.00. The molecular weight excluding hydrogens is 384 g/mol. The van der Waals surface area contributed by atoms with Crippen LogP contribution in [0.15, 0.2) is 42.5 Å². The van der Waals surface area contributed by atoms with Crippen LogP contribution in [0.4, 0.5) is 11.5 Å². The van der Waals surface area contributed by atoms with Crippen molar-refractivity contribution in [3.63, 3.8) is 0 Å². The van der Waals surface area contributed by atoms with Gasteiger partial charge >= 0.3 is 0 Å². The number of ether oxygens (including phenoxy) is 1. The molecule has 0 amide bonds. The molecule has 5 nitrogen and oxygen atoms in total. The summed E-state index contributed by atoms with van der Waals surface area (Å²) in [4.78, 5) is 14.9. The predicted octanol–water partition coefficient (Wildman–Crippen LogP) is 5.36. The van der Waals surface area contributed by atoms with Crippen LogP contribution in [-0.4, -0.2) is 43.8 Å². The summed E-state index contributed by atoms with van der Waals surface area (Å²) in [5.74, 6) is 4.24. The van der Waals surface area contributed by atoms with E-state index >= 15 is 0 Å². The molecule has 0 unspecified atom stereocenters. The van der Waals surface area contributed by atoms with E-state index in [4.69, 9.17) is 14.7 Å². The highest BCUT2D eigenvalue weighted by Gasteiger charge is 2.30. The largest absolute Gasteiger partial charge is 0.496 e. The molecule has 1 saturated carbocycles. The van der Waals surface area contributed by atoms with Crippen LogP contribution < -0.4 is 14.5 Å². The first-order chi connectivity index (χ1) is 15.2.